The van der Waals surface area contributed by atoms with Gasteiger partial charge in [-0.25, -0.2) is 4.98 Å². The van der Waals surface area contributed by atoms with Crippen molar-refractivity contribution < 1.29 is 14.7 Å². The highest BCUT2D eigenvalue weighted by Gasteiger charge is 2.38. The first-order chi connectivity index (χ1) is 16.0. The maximum Gasteiger partial charge on any atom is 0.307 e. The SMILES string of the molecule is Cc1ccc2nc(Nc3cc(C(=O)[C@H]4CCC[C@@H]4C(=O)O)ccc3-c3ccccc3)sc2c1. The maximum atomic E-state index is 13.3. The van der Waals surface area contributed by atoms with Crippen LogP contribution in [-0.4, -0.2) is 21.8 Å². The number of hydrogen-bond donors (Lipinski definition) is 2. The van der Waals surface area contributed by atoms with Gasteiger partial charge in [0.25, 0.3) is 0 Å². The van der Waals surface area contributed by atoms with Gasteiger partial charge in [-0.3, -0.25) is 9.59 Å². The Hall–Kier alpha value is -3.51. The van der Waals surface area contributed by atoms with Gasteiger partial charge in [0.05, 0.1) is 16.1 Å². The summed E-state index contributed by atoms with van der Waals surface area (Å²) in [5.41, 5.74) is 5.42. The molecule has 4 aromatic rings. The molecule has 33 heavy (non-hydrogen) atoms. The molecule has 6 heteroatoms. The summed E-state index contributed by atoms with van der Waals surface area (Å²) in [6.07, 6.45) is 1.95. The molecule has 1 aliphatic carbocycles. The van der Waals surface area contributed by atoms with Crippen molar-refractivity contribution in [2.75, 3.05) is 5.32 Å². The summed E-state index contributed by atoms with van der Waals surface area (Å²) < 4.78 is 1.10. The number of hydrogen-bond acceptors (Lipinski definition) is 5. The molecule has 0 bridgehead atoms. The van der Waals surface area contributed by atoms with Gasteiger partial charge >= 0.3 is 5.97 Å². The van der Waals surface area contributed by atoms with Gasteiger partial charge in [0.1, 0.15) is 0 Å². The van der Waals surface area contributed by atoms with Crippen LogP contribution in [0.3, 0.4) is 0 Å². The molecule has 1 saturated carbocycles. The van der Waals surface area contributed by atoms with E-state index < -0.39 is 17.8 Å². The molecule has 0 radical (unpaired) electrons. The van der Waals surface area contributed by atoms with Gasteiger partial charge in [-0.15, -0.1) is 0 Å². The third kappa shape index (κ3) is 4.26. The second kappa shape index (κ2) is 8.79. The monoisotopic (exact) mass is 456 g/mol. The minimum absolute atomic E-state index is 0.0949. The third-order valence-electron chi connectivity index (χ3n) is 6.34. The minimum Gasteiger partial charge on any atom is -0.481 e. The minimum atomic E-state index is -0.880. The molecule has 1 aromatic heterocycles. The number of fused-ring (bicyclic) bond motifs is 1. The van der Waals surface area contributed by atoms with Crippen molar-refractivity contribution in [1.82, 2.24) is 4.98 Å². The number of anilines is 2. The standard InChI is InChI=1S/C27H24N2O3S/c1-16-10-13-22-24(14-16)33-27(28-22)29-23-15-18(11-12-19(23)17-6-3-2-4-7-17)25(30)20-8-5-9-21(20)26(31)32/h2-4,6-7,10-15,20-21H,5,8-9H2,1H3,(H,28,29)(H,31,32)/t20-,21-/m0/s1. The molecule has 0 unspecified atom stereocenters. The molecule has 1 aliphatic rings. The average Bonchev–Trinajstić information content (AvgIpc) is 3.46. The first-order valence-corrected chi connectivity index (χ1v) is 11.9. The van der Waals surface area contributed by atoms with Crippen molar-refractivity contribution in [1.29, 1.82) is 0 Å². The van der Waals surface area contributed by atoms with Crippen LogP contribution in [0.1, 0.15) is 35.2 Å². The van der Waals surface area contributed by atoms with Crippen LogP contribution in [0.4, 0.5) is 10.8 Å². The number of Topliss-reactive ketones (excluding diaryl/α,β-unsaturated/α-hetero) is 1. The highest BCUT2D eigenvalue weighted by Crippen LogP contribution is 2.38. The van der Waals surface area contributed by atoms with E-state index in [-0.39, 0.29) is 5.78 Å². The van der Waals surface area contributed by atoms with Crippen LogP contribution >= 0.6 is 11.3 Å². The fourth-order valence-electron chi connectivity index (χ4n) is 4.65. The number of carbonyl (C=O) groups is 2. The van der Waals surface area contributed by atoms with Crippen LogP contribution < -0.4 is 5.32 Å². The summed E-state index contributed by atoms with van der Waals surface area (Å²) in [4.78, 5) is 29.6. The van der Waals surface area contributed by atoms with Crippen molar-refractivity contribution in [2.24, 2.45) is 11.8 Å². The second-order valence-electron chi connectivity index (χ2n) is 8.59. The predicted octanol–water partition coefficient (Wildman–Crippen LogP) is 6.70. The van der Waals surface area contributed by atoms with E-state index in [4.69, 9.17) is 4.98 Å². The molecular weight excluding hydrogens is 432 g/mol. The van der Waals surface area contributed by atoms with Crippen LogP contribution in [0, 0.1) is 18.8 Å². The van der Waals surface area contributed by atoms with Gasteiger partial charge < -0.3 is 10.4 Å². The number of thiazole rings is 1. The maximum absolute atomic E-state index is 13.3. The summed E-state index contributed by atoms with van der Waals surface area (Å²) in [7, 11) is 0. The van der Waals surface area contributed by atoms with Crippen molar-refractivity contribution in [3.8, 4) is 11.1 Å². The van der Waals surface area contributed by atoms with Crippen molar-refractivity contribution in [2.45, 2.75) is 26.2 Å². The zero-order valence-electron chi connectivity index (χ0n) is 18.2. The molecule has 0 aliphatic heterocycles. The highest BCUT2D eigenvalue weighted by atomic mass is 32.1. The topological polar surface area (TPSA) is 79.3 Å². The quantitative estimate of drug-likeness (QED) is 0.316. The van der Waals surface area contributed by atoms with E-state index in [1.165, 1.54) is 5.56 Å². The first-order valence-electron chi connectivity index (χ1n) is 11.1. The van der Waals surface area contributed by atoms with E-state index in [2.05, 4.69) is 18.3 Å². The number of nitrogens with one attached hydrogen (secondary N) is 1. The van der Waals surface area contributed by atoms with Gasteiger partial charge in [0.15, 0.2) is 10.9 Å². The number of carboxylic acids is 1. The highest BCUT2D eigenvalue weighted by molar-refractivity contribution is 7.22. The summed E-state index contributed by atoms with van der Waals surface area (Å²) in [5.74, 6) is -2.05. The Bertz CT molecular complexity index is 1350. The van der Waals surface area contributed by atoms with Gasteiger partial charge in [-0.1, -0.05) is 66.3 Å². The number of carbonyl (C=O) groups excluding carboxylic acids is 1. The summed E-state index contributed by atoms with van der Waals surface area (Å²) in [5, 5.41) is 13.7. The lowest BCUT2D eigenvalue weighted by Crippen LogP contribution is -2.25. The largest absolute Gasteiger partial charge is 0.481 e. The van der Waals surface area contributed by atoms with Crippen LogP contribution in [0.25, 0.3) is 21.3 Å². The zero-order chi connectivity index (χ0) is 22.9. The number of benzene rings is 3. The molecule has 3 aromatic carbocycles. The Kier molecular flexibility index (Phi) is 5.68. The molecule has 0 amide bonds. The molecule has 0 saturated heterocycles. The molecule has 1 heterocycles. The summed E-state index contributed by atoms with van der Waals surface area (Å²) >= 11 is 1.57. The summed E-state index contributed by atoms with van der Waals surface area (Å²) in [6, 6.07) is 21.8. The number of aromatic nitrogens is 1. The van der Waals surface area contributed by atoms with E-state index in [9.17, 15) is 14.7 Å². The predicted molar refractivity (Wildman–Crippen MR) is 132 cm³/mol. The fourth-order valence-corrected chi connectivity index (χ4v) is 5.63. The van der Waals surface area contributed by atoms with E-state index in [1.807, 2.05) is 60.7 Å². The van der Waals surface area contributed by atoms with Gasteiger partial charge in [0.2, 0.25) is 0 Å². The number of rotatable bonds is 6. The normalized spacial score (nSPS) is 17.8. The third-order valence-corrected chi connectivity index (χ3v) is 7.28. The van der Waals surface area contributed by atoms with Crippen molar-refractivity contribution in [3.05, 3.63) is 77.9 Å². The number of carboxylic acid groups (broad SMARTS) is 1. The molecule has 1 fully saturated rings. The smallest absolute Gasteiger partial charge is 0.307 e. The number of nitrogens with zero attached hydrogens (tertiary/aromatic N) is 1. The molecule has 2 atom stereocenters. The average molecular weight is 457 g/mol. The van der Waals surface area contributed by atoms with Crippen molar-refractivity contribution >= 4 is 44.1 Å². The number of aryl methyl sites for hydroxylation is 1. The van der Waals surface area contributed by atoms with E-state index in [1.54, 1.807) is 11.3 Å². The van der Waals surface area contributed by atoms with Crippen LogP contribution in [-0.2, 0) is 4.79 Å². The lowest BCUT2D eigenvalue weighted by atomic mass is 9.87. The number of ketones is 1. The van der Waals surface area contributed by atoms with Crippen LogP contribution in [0.15, 0.2) is 66.7 Å². The Balaban J connectivity index is 1.54. The van der Waals surface area contributed by atoms with Crippen LogP contribution in [0.5, 0.6) is 0 Å². The van der Waals surface area contributed by atoms with Crippen molar-refractivity contribution in [3.63, 3.8) is 0 Å². The lowest BCUT2D eigenvalue weighted by Gasteiger charge is -2.17. The lowest BCUT2D eigenvalue weighted by molar-refractivity contribution is -0.142. The Morgan fingerprint density at radius 1 is 1.00 bits per heavy atom. The van der Waals surface area contributed by atoms with Crippen LogP contribution in [0.2, 0.25) is 0 Å². The van der Waals surface area contributed by atoms with E-state index >= 15 is 0 Å². The summed E-state index contributed by atoms with van der Waals surface area (Å²) in [6.45, 7) is 2.06. The molecule has 5 rings (SSSR count). The Morgan fingerprint density at radius 2 is 1.79 bits per heavy atom. The number of aliphatic carboxylic acids is 1. The van der Waals surface area contributed by atoms with Gasteiger partial charge in [-0.05, 0) is 49.1 Å². The fraction of sp³-hybridized carbons (Fsp3) is 0.222. The van der Waals surface area contributed by atoms with Gasteiger partial charge in [-0.2, -0.15) is 0 Å². The Morgan fingerprint density at radius 3 is 2.58 bits per heavy atom. The molecule has 2 N–H and O–H groups in total. The second-order valence-corrected chi connectivity index (χ2v) is 9.62. The van der Waals surface area contributed by atoms with Gasteiger partial charge in [0, 0.05) is 22.7 Å². The molecule has 0 spiro atoms. The van der Waals surface area contributed by atoms with E-state index in [0.717, 1.165) is 38.6 Å². The zero-order valence-corrected chi connectivity index (χ0v) is 19.1. The molecule has 166 valence electrons. The Labute approximate surface area is 196 Å². The molecular formula is C27H24N2O3S. The van der Waals surface area contributed by atoms with E-state index in [0.29, 0.717) is 18.4 Å². The molecule has 5 nitrogen and oxygen atoms in total. The first kappa shape index (κ1) is 21.3.